The quantitative estimate of drug-likeness (QED) is 0.0195. The summed E-state index contributed by atoms with van der Waals surface area (Å²) in [6.45, 7) is 5.80. The number of nitrogens with one attached hydrogen (secondary N) is 1. The van der Waals surface area contributed by atoms with Crippen LogP contribution < -0.4 is 5.32 Å². The van der Waals surface area contributed by atoms with Crippen molar-refractivity contribution in [2.45, 2.75) is 359 Å². The minimum Gasteiger partial charge on any atom is -0.454 e. The summed E-state index contributed by atoms with van der Waals surface area (Å²) in [6, 6.07) is -1.02. The highest BCUT2D eigenvalue weighted by Crippen LogP contribution is 2.26. The van der Waals surface area contributed by atoms with Crippen LogP contribution in [0.5, 0.6) is 0 Å². The van der Waals surface area contributed by atoms with Crippen molar-refractivity contribution in [2.75, 3.05) is 13.2 Å². The molecule has 8 unspecified atom stereocenters. The number of unbranched alkanes of at least 4 members (excludes halogenated alkanes) is 38. The Morgan fingerprint density at radius 2 is 0.857 bits per heavy atom. The van der Waals surface area contributed by atoms with E-state index in [1.165, 1.54) is 193 Å². The van der Waals surface area contributed by atoms with E-state index in [9.17, 15) is 35.1 Å². The third-order valence-electron chi connectivity index (χ3n) is 15.5. The number of hydrogen-bond acceptors (Lipinski definition) is 10. The smallest absolute Gasteiger partial charge is 0.306 e. The predicted molar refractivity (Wildman–Crippen MR) is 320 cm³/mol. The summed E-state index contributed by atoms with van der Waals surface area (Å²) in [5, 5.41) is 57.0. The summed E-state index contributed by atoms with van der Waals surface area (Å²) in [5.74, 6) is -1.19. The monoisotopic (exact) mass is 1090 g/mol. The fourth-order valence-electron chi connectivity index (χ4n) is 10.3. The SMILES string of the molecule is CCCCCCCC/C=C/CCCCCCCCCCCCCC(=O)OC1C(OCC(NC(=O)C(O)CCCCCCCC/C=C/CCCCCCCC)C(O)/C=C/CCCCCCCCCCC)OC(CO)C(O)C1O. The Morgan fingerprint density at radius 3 is 1.26 bits per heavy atom. The number of rotatable bonds is 56. The summed E-state index contributed by atoms with van der Waals surface area (Å²) in [4.78, 5) is 26.6. The molecular weight excluding hydrogens is 967 g/mol. The molecule has 1 aliphatic rings. The van der Waals surface area contributed by atoms with Gasteiger partial charge in [-0.3, -0.25) is 9.59 Å². The topological polar surface area (TPSA) is 175 Å². The van der Waals surface area contributed by atoms with Gasteiger partial charge in [-0.05, 0) is 77.0 Å². The van der Waals surface area contributed by atoms with Crippen LogP contribution in [-0.2, 0) is 23.8 Å². The highest BCUT2D eigenvalue weighted by molar-refractivity contribution is 5.80. The van der Waals surface area contributed by atoms with E-state index in [2.05, 4.69) is 50.4 Å². The maximum Gasteiger partial charge on any atom is 0.306 e. The van der Waals surface area contributed by atoms with Crippen LogP contribution in [0.2, 0.25) is 0 Å². The van der Waals surface area contributed by atoms with Gasteiger partial charge in [-0.2, -0.15) is 0 Å². The average Bonchev–Trinajstić information content (AvgIpc) is 3.43. The number of allylic oxidation sites excluding steroid dienone is 5. The van der Waals surface area contributed by atoms with Gasteiger partial charge in [0.25, 0.3) is 0 Å². The molecule has 0 spiro atoms. The van der Waals surface area contributed by atoms with Crippen molar-refractivity contribution < 1.29 is 49.3 Å². The first-order valence-corrected chi connectivity index (χ1v) is 32.8. The van der Waals surface area contributed by atoms with Gasteiger partial charge in [0.05, 0.1) is 25.4 Å². The number of carbonyl (C=O) groups is 2. The molecule has 11 heteroatoms. The Balaban J connectivity index is 2.61. The van der Waals surface area contributed by atoms with Crippen molar-refractivity contribution in [3.8, 4) is 0 Å². The molecule has 0 radical (unpaired) electrons. The molecule has 1 heterocycles. The third-order valence-corrected chi connectivity index (χ3v) is 15.5. The summed E-state index contributed by atoms with van der Waals surface area (Å²) in [6.07, 6.45) is 54.7. The molecular formula is C66H123NO10. The Labute approximate surface area is 473 Å². The van der Waals surface area contributed by atoms with Crippen molar-refractivity contribution in [2.24, 2.45) is 0 Å². The number of hydrogen-bond donors (Lipinski definition) is 6. The minimum absolute atomic E-state index is 0.125. The fourth-order valence-corrected chi connectivity index (χ4v) is 10.3. The summed E-state index contributed by atoms with van der Waals surface area (Å²) >= 11 is 0. The molecule has 77 heavy (non-hydrogen) atoms. The van der Waals surface area contributed by atoms with Gasteiger partial charge >= 0.3 is 5.97 Å². The molecule has 1 rings (SSSR count). The van der Waals surface area contributed by atoms with Crippen molar-refractivity contribution in [1.82, 2.24) is 5.32 Å². The normalized spacial score (nSPS) is 19.2. The number of aliphatic hydroxyl groups is 5. The second-order valence-corrected chi connectivity index (χ2v) is 22.8. The van der Waals surface area contributed by atoms with Crippen LogP contribution in [0.4, 0.5) is 0 Å². The van der Waals surface area contributed by atoms with Crippen LogP contribution in [0.25, 0.3) is 0 Å². The van der Waals surface area contributed by atoms with Crippen LogP contribution in [0, 0.1) is 0 Å². The van der Waals surface area contributed by atoms with E-state index in [1.807, 2.05) is 6.08 Å². The molecule has 6 N–H and O–H groups in total. The molecule has 452 valence electrons. The molecule has 1 amide bonds. The molecule has 0 saturated carbocycles. The van der Waals surface area contributed by atoms with Gasteiger partial charge in [0.15, 0.2) is 12.4 Å². The Morgan fingerprint density at radius 1 is 0.494 bits per heavy atom. The Bertz CT molecular complexity index is 1390. The van der Waals surface area contributed by atoms with E-state index in [0.717, 1.165) is 70.6 Å². The molecule has 1 saturated heterocycles. The molecule has 0 aromatic rings. The lowest BCUT2D eigenvalue weighted by Crippen LogP contribution is -2.61. The highest BCUT2D eigenvalue weighted by atomic mass is 16.7. The Kier molecular flexibility index (Phi) is 51.6. The van der Waals surface area contributed by atoms with Crippen molar-refractivity contribution in [3.63, 3.8) is 0 Å². The van der Waals surface area contributed by atoms with E-state index in [0.29, 0.717) is 12.8 Å². The summed E-state index contributed by atoms with van der Waals surface area (Å²) < 4.78 is 17.6. The number of aliphatic hydroxyl groups excluding tert-OH is 5. The lowest BCUT2D eigenvalue weighted by Gasteiger charge is -2.41. The van der Waals surface area contributed by atoms with Crippen molar-refractivity contribution >= 4 is 11.9 Å². The Hall–Kier alpha value is -2.12. The first-order valence-electron chi connectivity index (χ1n) is 32.8. The lowest BCUT2D eigenvalue weighted by atomic mass is 9.99. The fraction of sp³-hybridized carbons (Fsp3) is 0.879. The van der Waals surface area contributed by atoms with E-state index in [1.54, 1.807) is 6.08 Å². The van der Waals surface area contributed by atoms with Crippen LogP contribution in [0.15, 0.2) is 36.5 Å². The maximum absolute atomic E-state index is 13.4. The molecule has 1 aliphatic heterocycles. The zero-order valence-electron chi connectivity index (χ0n) is 50.1. The van der Waals surface area contributed by atoms with Crippen LogP contribution in [0.1, 0.15) is 310 Å². The van der Waals surface area contributed by atoms with Gasteiger partial charge in [0.1, 0.15) is 24.4 Å². The zero-order valence-corrected chi connectivity index (χ0v) is 50.1. The molecule has 11 nitrogen and oxygen atoms in total. The number of amides is 1. The van der Waals surface area contributed by atoms with Gasteiger partial charge in [-0.25, -0.2) is 0 Å². The van der Waals surface area contributed by atoms with Gasteiger partial charge < -0.3 is 45.1 Å². The van der Waals surface area contributed by atoms with E-state index in [-0.39, 0.29) is 19.4 Å². The van der Waals surface area contributed by atoms with Crippen LogP contribution in [0.3, 0.4) is 0 Å². The number of ether oxygens (including phenoxy) is 3. The van der Waals surface area contributed by atoms with Gasteiger partial charge in [-0.15, -0.1) is 0 Å². The second-order valence-electron chi connectivity index (χ2n) is 22.8. The van der Waals surface area contributed by atoms with Gasteiger partial charge in [-0.1, -0.05) is 263 Å². The van der Waals surface area contributed by atoms with E-state index in [4.69, 9.17) is 14.2 Å². The summed E-state index contributed by atoms with van der Waals surface area (Å²) in [5.41, 5.74) is 0. The molecule has 0 bridgehead atoms. The second kappa shape index (κ2) is 54.5. The summed E-state index contributed by atoms with van der Waals surface area (Å²) in [7, 11) is 0. The average molecular weight is 1090 g/mol. The number of esters is 1. The first-order chi connectivity index (χ1) is 37.7. The zero-order chi connectivity index (χ0) is 56.1. The predicted octanol–water partition coefficient (Wildman–Crippen LogP) is 15.8. The number of carbonyl (C=O) groups excluding carboxylic acids is 2. The van der Waals surface area contributed by atoms with Crippen LogP contribution in [-0.4, -0.2) is 99.6 Å². The maximum atomic E-state index is 13.4. The van der Waals surface area contributed by atoms with Crippen molar-refractivity contribution in [1.29, 1.82) is 0 Å². The van der Waals surface area contributed by atoms with Gasteiger partial charge in [0.2, 0.25) is 5.91 Å². The minimum atomic E-state index is -1.61. The standard InChI is InChI=1S/C66H123NO10/c1-4-7-10-13-16-19-22-24-26-28-29-30-31-32-34-36-39-42-45-48-51-54-61(71)77-64-63(73)62(72)60(55-68)76-66(64)75-56-57(58(69)52-49-46-43-40-37-21-18-15-12-9-6-3)67-65(74)59(70)53-50-47-44-41-38-35-33-27-25-23-20-17-14-11-8-5-2/h24-27,49,52,57-60,62-64,66,68-70,72-73H,4-23,28-48,50-51,53-56H2,1-3H3,(H,67,74)/b26-24+,27-25+,52-49+. The van der Waals surface area contributed by atoms with Crippen LogP contribution >= 0.6 is 0 Å². The first kappa shape index (κ1) is 72.9. The third kappa shape index (κ3) is 42.4. The molecule has 0 aromatic carbocycles. The lowest BCUT2D eigenvalue weighted by molar-refractivity contribution is -0.305. The molecule has 0 aromatic heterocycles. The largest absolute Gasteiger partial charge is 0.454 e. The highest BCUT2D eigenvalue weighted by Gasteiger charge is 2.47. The van der Waals surface area contributed by atoms with Gasteiger partial charge in [0, 0.05) is 6.42 Å². The molecule has 1 fully saturated rings. The molecule has 8 atom stereocenters. The van der Waals surface area contributed by atoms with Crippen molar-refractivity contribution in [3.05, 3.63) is 36.5 Å². The van der Waals surface area contributed by atoms with E-state index < -0.39 is 67.4 Å². The van der Waals surface area contributed by atoms with E-state index >= 15 is 0 Å². The molecule has 0 aliphatic carbocycles.